The standard InChI is InChI=1S/C26H31N5O8/c1-2-39-26(38)30-11-9-29(10-12-30)25(37)20(7-8-22(33)34)28-23(35)21-13-18(24(36)31-14-16(32)15-31)17-5-3-4-6-19(17)27-21/h3-6,13,16,20,32H,2,7-12,14-15H2,1H3,(H,28,35)(H,33,34). The minimum absolute atomic E-state index is 0.0987. The van der Waals surface area contributed by atoms with E-state index in [0.717, 1.165) is 0 Å². The molecule has 1 atom stereocenters. The molecule has 13 heteroatoms. The Hall–Kier alpha value is -4.26. The maximum atomic E-state index is 13.3. The topological polar surface area (TPSA) is 170 Å². The van der Waals surface area contributed by atoms with Crippen molar-refractivity contribution in [2.24, 2.45) is 0 Å². The van der Waals surface area contributed by atoms with Gasteiger partial charge in [0.2, 0.25) is 5.91 Å². The van der Waals surface area contributed by atoms with Gasteiger partial charge in [0.25, 0.3) is 11.8 Å². The van der Waals surface area contributed by atoms with E-state index in [0.29, 0.717) is 10.9 Å². The minimum Gasteiger partial charge on any atom is -0.481 e. The number of fused-ring (bicyclic) bond motifs is 1. The summed E-state index contributed by atoms with van der Waals surface area (Å²) in [5.74, 6) is -2.68. The number of pyridine rings is 1. The van der Waals surface area contributed by atoms with E-state index in [9.17, 15) is 34.2 Å². The Balaban J connectivity index is 1.52. The Labute approximate surface area is 224 Å². The number of β-amino-alcohol motifs (C(OH)–C–C–N with tert-alkyl or cyclic N) is 1. The Bertz CT molecular complexity index is 1270. The molecular weight excluding hydrogens is 510 g/mol. The summed E-state index contributed by atoms with van der Waals surface area (Å²) in [7, 11) is 0. The molecule has 3 heterocycles. The predicted molar refractivity (Wildman–Crippen MR) is 137 cm³/mol. The molecule has 13 nitrogen and oxygen atoms in total. The summed E-state index contributed by atoms with van der Waals surface area (Å²) >= 11 is 0. The van der Waals surface area contributed by atoms with Crippen molar-refractivity contribution < 1.29 is 38.9 Å². The maximum absolute atomic E-state index is 13.3. The van der Waals surface area contributed by atoms with Gasteiger partial charge in [-0.05, 0) is 25.5 Å². The zero-order valence-electron chi connectivity index (χ0n) is 21.5. The quantitative estimate of drug-likeness (QED) is 0.426. The smallest absolute Gasteiger partial charge is 0.409 e. The number of benzene rings is 1. The number of carboxylic acid groups (broad SMARTS) is 1. The highest BCUT2D eigenvalue weighted by Crippen LogP contribution is 2.23. The number of nitrogens with zero attached hydrogens (tertiary/aromatic N) is 4. The van der Waals surface area contributed by atoms with E-state index in [-0.39, 0.29) is 75.9 Å². The second-order valence-corrected chi connectivity index (χ2v) is 9.41. The summed E-state index contributed by atoms with van der Waals surface area (Å²) in [6.45, 7) is 3.19. The number of hydrogen-bond donors (Lipinski definition) is 3. The molecule has 4 amide bonds. The van der Waals surface area contributed by atoms with Crippen LogP contribution in [-0.4, -0.2) is 118 Å². The van der Waals surface area contributed by atoms with E-state index in [4.69, 9.17) is 4.74 Å². The van der Waals surface area contributed by atoms with Crippen molar-refractivity contribution in [3.05, 3.63) is 41.6 Å². The molecule has 4 rings (SSSR count). The second kappa shape index (κ2) is 12.1. The Morgan fingerprint density at radius 3 is 2.36 bits per heavy atom. The number of piperazine rings is 1. The molecule has 0 saturated carbocycles. The molecule has 1 aromatic carbocycles. The van der Waals surface area contributed by atoms with Crippen molar-refractivity contribution >= 4 is 40.7 Å². The number of aliphatic hydroxyl groups excluding tert-OH is 1. The zero-order valence-corrected chi connectivity index (χ0v) is 21.5. The fourth-order valence-electron chi connectivity index (χ4n) is 4.56. The first-order valence-corrected chi connectivity index (χ1v) is 12.8. The number of carbonyl (C=O) groups is 5. The fraction of sp³-hybridized carbons (Fsp3) is 0.462. The van der Waals surface area contributed by atoms with Gasteiger partial charge < -0.3 is 35.0 Å². The first kappa shape index (κ1) is 27.8. The third-order valence-corrected chi connectivity index (χ3v) is 6.70. The maximum Gasteiger partial charge on any atom is 0.409 e. The minimum atomic E-state index is -1.15. The summed E-state index contributed by atoms with van der Waals surface area (Å²) in [6.07, 6.45) is -1.57. The molecule has 2 aliphatic heterocycles. The summed E-state index contributed by atoms with van der Waals surface area (Å²) in [4.78, 5) is 71.7. The normalized spacial score (nSPS) is 16.4. The predicted octanol–water partition coefficient (Wildman–Crippen LogP) is 0.315. The lowest BCUT2D eigenvalue weighted by Gasteiger charge is -2.36. The van der Waals surface area contributed by atoms with Gasteiger partial charge in [0.05, 0.1) is 23.8 Å². The van der Waals surface area contributed by atoms with Crippen molar-refractivity contribution in [3.63, 3.8) is 0 Å². The van der Waals surface area contributed by atoms with E-state index < -0.39 is 36.0 Å². The van der Waals surface area contributed by atoms with Crippen LogP contribution < -0.4 is 5.32 Å². The van der Waals surface area contributed by atoms with Crippen LogP contribution in [0.5, 0.6) is 0 Å². The molecule has 208 valence electrons. The van der Waals surface area contributed by atoms with E-state index >= 15 is 0 Å². The van der Waals surface area contributed by atoms with Gasteiger partial charge in [-0.1, -0.05) is 18.2 Å². The van der Waals surface area contributed by atoms with Crippen LogP contribution in [-0.2, 0) is 14.3 Å². The Kier molecular flexibility index (Phi) is 8.59. The molecule has 1 aromatic heterocycles. The number of aliphatic carboxylic acids is 1. The summed E-state index contributed by atoms with van der Waals surface area (Å²) < 4.78 is 4.99. The number of carboxylic acids is 1. The second-order valence-electron chi connectivity index (χ2n) is 9.41. The van der Waals surface area contributed by atoms with Crippen LogP contribution in [0.15, 0.2) is 30.3 Å². The van der Waals surface area contributed by atoms with Crippen molar-refractivity contribution in [2.45, 2.75) is 31.9 Å². The number of likely N-dealkylation sites (tertiary alicyclic amines) is 1. The number of carbonyl (C=O) groups excluding carboxylic acids is 4. The number of nitrogens with one attached hydrogen (secondary N) is 1. The average molecular weight is 542 g/mol. The summed E-state index contributed by atoms with van der Waals surface area (Å²) in [6, 6.07) is 7.02. The molecule has 2 aliphatic rings. The first-order valence-electron chi connectivity index (χ1n) is 12.8. The monoisotopic (exact) mass is 541 g/mol. The van der Waals surface area contributed by atoms with Crippen molar-refractivity contribution in [1.29, 1.82) is 0 Å². The molecule has 0 spiro atoms. The molecular formula is C26H31N5O8. The highest BCUT2D eigenvalue weighted by Gasteiger charge is 2.33. The van der Waals surface area contributed by atoms with Crippen LogP contribution in [0.3, 0.4) is 0 Å². The van der Waals surface area contributed by atoms with E-state index in [2.05, 4.69) is 10.3 Å². The first-order chi connectivity index (χ1) is 18.7. The lowest BCUT2D eigenvalue weighted by atomic mass is 10.0. The van der Waals surface area contributed by atoms with Gasteiger partial charge in [-0.25, -0.2) is 9.78 Å². The van der Waals surface area contributed by atoms with E-state index in [1.807, 2.05) is 0 Å². The van der Waals surface area contributed by atoms with Gasteiger partial charge in [-0.15, -0.1) is 0 Å². The van der Waals surface area contributed by atoms with Crippen LogP contribution in [0.1, 0.15) is 40.6 Å². The third-order valence-electron chi connectivity index (χ3n) is 6.70. The Morgan fingerprint density at radius 2 is 1.72 bits per heavy atom. The van der Waals surface area contributed by atoms with Crippen LogP contribution in [0.2, 0.25) is 0 Å². The molecule has 39 heavy (non-hydrogen) atoms. The van der Waals surface area contributed by atoms with Gasteiger partial charge in [0, 0.05) is 51.1 Å². The molecule has 2 saturated heterocycles. The number of aromatic nitrogens is 1. The van der Waals surface area contributed by atoms with Crippen LogP contribution in [0.4, 0.5) is 4.79 Å². The Morgan fingerprint density at radius 1 is 1.05 bits per heavy atom. The zero-order chi connectivity index (χ0) is 28.1. The number of amides is 4. The molecule has 0 bridgehead atoms. The van der Waals surface area contributed by atoms with Crippen LogP contribution in [0, 0.1) is 0 Å². The third kappa shape index (κ3) is 6.42. The molecule has 1 unspecified atom stereocenters. The summed E-state index contributed by atoms with van der Waals surface area (Å²) in [5, 5.41) is 22.0. The van der Waals surface area contributed by atoms with Crippen LogP contribution >= 0.6 is 0 Å². The number of para-hydroxylation sites is 1. The van der Waals surface area contributed by atoms with Gasteiger partial charge in [-0.3, -0.25) is 19.2 Å². The fourth-order valence-corrected chi connectivity index (χ4v) is 4.56. The largest absolute Gasteiger partial charge is 0.481 e. The van der Waals surface area contributed by atoms with Crippen molar-refractivity contribution in [3.8, 4) is 0 Å². The van der Waals surface area contributed by atoms with Gasteiger partial charge >= 0.3 is 12.1 Å². The molecule has 2 fully saturated rings. The van der Waals surface area contributed by atoms with Gasteiger partial charge in [-0.2, -0.15) is 0 Å². The lowest BCUT2D eigenvalue weighted by molar-refractivity contribution is -0.138. The van der Waals surface area contributed by atoms with Crippen molar-refractivity contribution in [2.75, 3.05) is 45.9 Å². The molecule has 3 N–H and O–H groups in total. The van der Waals surface area contributed by atoms with Gasteiger partial charge in [0.1, 0.15) is 11.7 Å². The molecule has 0 radical (unpaired) electrons. The SMILES string of the molecule is CCOC(=O)N1CCN(C(=O)C(CCC(=O)O)NC(=O)c2cc(C(=O)N3CC(O)C3)c3ccccc3n2)CC1. The number of aliphatic hydroxyl groups is 1. The molecule has 2 aromatic rings. The number of hydrogen-bond acceptors (Lipinski definition) is 8. The van der Waals surface area contributed by atoms with Crippen molar-refractivity contribution in [1.82, 2.24) is 25.0 Å². The highest BCUT2D eigenvalue weighted by atomic mass is 16.6. The highest BCUT2D eigenvalue weighted by molar-refractivity contribution is 6.09. The average Bonchev–Trinajstić information content (AvgIpc) is 2.92. The lowest BCUT2D eigenvalue weighted by Crippen LogP contribution is -2.56. The molecule has 0 aliphatic carbocycles. The number of rotatable bonds is 8. The van der Waals surface area contributed by atoms with E-state index in [1.54, 1.807) is 31.2 Å². The number of ether oxygens (including phenoxy) is 1. The van der Waals surface area contributed by atoms with E-state index in [1.165, 1.54) is 20.8 Å². The van der Waals surface area contributed by atoms with Gasteiger partial charge in [0.15, 0.2) is 0 Å². The van der Waals surface area contributed by atoms with Crippen LogP contribution in [0.25, 0.3) is 10.9 Å². The summed E-state index contributed by atoms with van der Waals surface area (Å²) in [5.41, 5.74) is 0.539.